The molecule has 1 heterocycles. The van der Waals surface area contributed by atoms with Crippen LogP contribution in [0.3, 0.4) is 0 Å². The Labute approximate surface area is 97.5 Å². The van der Waals surface area contributed by atoms with Crippen molar-refractivity contribution in [2.45, 2.75) is 13.5 Å². The van der Waals surface area contributed by atoms with Gasteiger partial charge in [0, 0.05) is 12.4 Å². The molecule has 0 unspecified atom stereocenters. The van der Waals surface area contributed by atoms with Crippen molar-refractivity contribution in [2.75, 3.05) is 5.32 Å². The van der Waals surface area contributed by atoms with Crippen molar-refractivity contribution in [2.24, 2.45) is 0 Å². The minimum absolute atomic E-state index is 0.129. The van der Waals surface area contributed by atoms with Crippen LogP contribution in [0.25, 0.3) is 0 Å². The number of nitrogens with one attached hydrogen (secondary N) is 1. The van der Waals surface area contributed by atoms with Crippen LogP contribution in [0.2, 0.25) is 0 Å². The second-order valence-corrected chi connectivity index (χ2v) is 3.60. The summed E-state index contributed by atoms with van der Waals surface area (Å²) in [7, 11) is 0. The van der Waals surface area contributed by atoms with E-state index >= 15 is 0 Å². The van der Waals surface area contributed by atoms with E-state index in [4.69, 9.17) is 0 Å². The van der Waals surface area contributed by atoms with Crippen molar-refractivity contribution < 1.29 is 8.78 Å². The topological polar surface area (TPSA) is 37.8 Å². The van der Waals surface area contributed by atoms with Gasteiger partial charge in [0.05, 0.1) is 18.4 Å². The molecule has 5 heteroatoms. The second-order valence-electron chi connectivity index (χ2n) is 3.60. The normalized spacial score (nSPS) is 10.3. The van der Waals surface area contributed by atoms with Crippen LogP contribution >= 0.6 is 0 Å². The monoisotopic (exact) mass is 235 g/mol. The molecule has 2 rings (SSSR count). The van der Waals surface area contributed by atoms with Crippen LogP contribution in [0.4, 0.5) is 14.5 Å². The van der Waals surface area contributed by atoms with Gasteiger partial charge in [-0.25, -0.2) is 8.78 Å². The molecule has 0 atom stereocenters. The summed E-state index contributed by atoms with van der Waals surface area (Å²) in [4.78, 5) is 7.88. The van der Waals surface area contributed by atoms with Crippen LogP contribution in [0.15, 0.2) is 30.7 Å². The Balaban J connectivity index is 2.17. The van der Waals surface area contributed by atoms with Gasteiger partial charge in [-0.1, -0.05) is 6.07 Å². The predicted molar refractivity (Wildman–Crippen MR) is 60.5 cm³/mol. The maximum atomic E-state index is 13.6. The Bertz CT molecular complexity index is 515. The molecule has 3 nitrogen and oxygen atoms in total. The highest BCUT2D eigenvalue weighted by Crippen LogP contribution is 2.21. The molecule has 17 heavy (non-hydrogen) atoms. The van der Waals surface area contributed by atoms with Gasteiger partial charge in [-0.2, -0.15) is 0 Å². The van der Waals surface area contributed by atoms with Gasteiger partial charge in [0.2, 0.25) is 0 Å². The van der Waals surface area contributed by atoms with Gasteiger partial charge < -0.3 is 5.32 Å². The zero-order valence-corrected chi connectivity index (χ0v) is 9.24. The highest BCUT2D eigenvalue weighted by Gasteiger charge is 2.10. The summed E-state index contributed by atoms with van der Waals surface area (Å²) >= 11 is 0. The van der Waals surface area contributed by atoms with Gasteiger partial charge in [0.25, 0.3) is 0 Å². The Morgan fingerprint density at radius 2 is 2.06 bits per heavy atom. The summed E-state index contributed by atoms with van der Waals surface area (Å²) in [5.41, 5.74) is 0.886. The molecule has 1 N–H and O–H groups in total. The third-order valence-corrected chi connectivity index (χ3v) is 2.35. The molecule has 0 fully saturated rings. The first kappa shape index (κ1) is 11.4. The number of anilines is 1. The lowest BCUT2D eigenvalue weighted by Crippen LogP contribution is -2.06. The molecule has 0 aliphatic heterocycles. The lowest BCUT2D eigenvalue weighted by Gasteiger charge is -2.09. The summed E-state index contributed by atoms with van der Waals surface area (Å²) in [6.07, 6.45) is 4.61. The Hall–Kier alpha value is -2.04. The first-order valence-electron chi connectivity index (χ1n) is 5.12. The molecular weight excluding hydrogens is 224 g/mol. The van der Waals surface area contributed by atoms with Crippen molar-refractivity contribution in [3.8, 4) is 0 Å². The van der Waals surface area contributed by atoms with Crippen molar-refractivity contribution >= 4 is 5.69 Å². The third kappa shape index (κ3) is 2.55. The molecule has 0 saturated heterocycles. The third-order valence-electron chi connectivity index (χ3n) is 2.35. The molecule has 0 radical (unpaired) electrons. The lowest BCUT2D eigenvalue weighted by atomic mass is 10.2. The van der Waals surface area contributed by atoms with Crippen molar-refractivity contribution in [1.29, 1.82) is 0 Å². The van der Waals surface area contributed by atoms with Gasteiger partial charge in [-0.3, -0.25) is 9.97 Å². The van der Waals surface area contributed by atoms with E-state index in [0.717, 1.165) is 0 Å². The van der Waals surface area contributed by atoms with Gasteiger partial charge in [0.1, 0.15) is 11.5 Å². The summed E-state index contributed by atoms with van der Waals surface area (Å²) in [5, 5.41) is 2.69. The van der Waals surface area contributed by atoms with E-state index in [0.29, 0.717) is 11.3 Å². The standard InChI is InChI=1S/C12H11F2N3/c1-8-2-3-10(13)12(11(8)14)17-7-9-6-15-4-5-16-9/h2-6,17H,7H2,1H3. The number of halogens is 2. The minimum atomic E-state index is -0.614. The van der Waals surface area contributed by atoms with E-state index in [-0.39, 0.29) is 12.2 Å². The number of rotatable bonds is 3. The van der Waals surface area contributed by atoms with Gasteiger partial charge in [-0.05, 0) is 18.6 Å². The van der Waals surface area contributed by atoms with Crippen LogP contribution < -0.4 is 5.32 Å². The predicted octanol–water partition coefficient (Wildman–Crippen LogP) is 2.68. The first-order chi connectivity index (χ1) is 8.18. The van der Waals surface area contributed by atoms with Crippen LogP contribution in [0.5, 0.6) is 0 Å². The summed E-state index contributed by atoms with van der Waals surface area (Å²) in [6, 6.07) is 2.63. The number of aromatic nitrogens is 2. The molecule has 0 aliphatic carbocycles. The number of hydrogen-bond acceptors (Lipinski definition) is 3. The maximum Gasteiger partial charge on any atom is 0.152 e. The maximum absolute atomic E-state index is 13.6. The Morgan fingerprint density at radius 3 is 2.76 bits per heavy atom. The van der Waals surface area contributed by atoms with E-state index in [1.54, 1.807) is 13.1 Å². The van der Waals surface area contributed by atoms with Crippen LogP contribution in [-0.2, 0) is 6.54 Å². The number of hydrogen-bond donors (Lipinski definition) is 1. The fourth-order valence-electron chi connectivity index (χ4n) is 1.42. The molecule has 0 amide bonds. The Morgan fingerprint density at radius 1 is 1.24 bits per heavy atom. The SMILES string of the molecule is Cc1ccc(F)c(NCc2cnccn2)c1F. The highest BCUT2D eigenvalue weighted by molar-refractivity contribution is 5.49. The smallest absolute Gasteiger partial charge is 0.152 e. The van der Waals surface area contributed by atoms with Crippen molar-refractivity contribution in [3.05, 3.63) is 53.6 Å². The zero-order valence-electron chi connectivity index (χ0n) is 9.24. The largest absolute Gasteiger partial charge is 0.375 e. The fraction of sp³-hybridized carbons (Fsp3) is 0.167. The average molecular weight is 235 g/mol. The molecule has 1 aromatic heterocycles. The molecule has 0 spiro atoms. The van der Waals surface area contributed by atoms with E-state index in [1.165, 1.54) is 24.5 Å². The summed E-state index contributed by atoms with van der Waals surface area (Å²) in [6.45, 7) is 1.81. The molecule has 2 aromatic rings. The fourth-order valence-corrected chi connectivity index (χ4v) is 1.42. The number of aryl methyl sites for hydroxylation is 1. The molecule has 1 aromatic carbocycles. The van der Waals surface area contributed by atoms with Crippen molar-refractivity contribution in [3.63, 3.8) is 0 Å². The molecular formula is C12H11F2N3. The molecule has 0 saturated carbocycles. The van der Waals surface area contributed by atoms with E-state index in [9.17, 15) is 8.78 Å². The first-order valence-corrected chi connectivity index (χ1v) is 5.12. The number of benzene rings is 1. The van der Waals surface area contributed by atoms with Crippen molar-refractivity contribution in [1.82, 2.24) is 9.97 Å². The molecule has 0 aliphatic rings. The lowest BCUT2D eigenvalue weighted by molar-refractivity contribution is 0.582. The average Bonchev–Trinajstić information content (AvgIpc) is 2.35. The van der Waals surface area contributed by atoms with E-state index < -0.39 is 11.6 Å². The van der Waals surface area contributed by atoms with Crippen LogP contribution in [0.1, 0.15) is 11.3 Å². The van der Waals surface area contributed by atoms with Gasteiger partial charge in [0.15, 0.2) is 5.82 Å². The van der Waals surface area contributed by atoms with E-state index in [2.05, 4.69) is 15.3 Å². The Kier molecular flexibility index (Phi) is 3.27. The van der Waals surface area contributed by atoms with Gasteiger partial charge >= 0.3 is 0 Å². The molecule has 88 valence electrons. The van der Waals surface area contributed by atoms with E-state index in [1.807, 2.05) is 0 Å². The zero-order chi connectivity index (χ0) is 12.3. The minimum Gasteiger partial charge on any atom is -0.375 e. The molecule has 0 bridgehead atoms. The van der Waals surface area contributed by atoms with Crippen LogP contribution in [-0.4, -0.2) is 9.97 Å². The summed E-state index contributed by atoms with van der Waals surface area (Å²) < 4.78 is 27.0. The second kappa shape index (κ2) is 4.86. The quantitative estimate of drug-likeness (QED) is 0.888. The number of nitrogens with zero attached hydrogens (tertiary/aromatic N) is 2. The highest BCUT2D eigenvalue weighted by atomic mass is 19.1. The van der Waals surface area contributed by atoms with Gasteiger partial charge in [-0.15, -0.1) is 0 Å². The summed E-state index contributed by atoms with van der Waals surface area (Å²) in [5.74, 6) is -1.19. The van der Waals surface area contributed by atoms with Crippen LogP contribution in [0, 0.1) is 18.6 Å².